The Morgan fingerprint density at radius 2 is 2.12 bits per heavy atom. The zero-order chi connectivity index (χ0) is 16.5. The minimum absolute atomic E-state index is 0.166. The van der Waals surface area contributed by atoms with Crippen molar-refractivity contribution in [3.8, 4) is 11.3 Å². The predicted octanol–water partition coefficient (Wildman–Crippen LogP) is 4.13. The number of nitrogens with zero attached hydrogens (tertiary/aromatic N) is 2. The Morgan fingerprint density at radius 1 is 1.33 bits per heavy atom. The first-order valence-corrected chi connectivity index (χ1v) is 9.54. The van der Waals surface area contributed by atoms with Crippen molar-refractivity contribution in [3.63, 3.8) is 0 Å². The van der Waals surface area contributed by atoms with Crippen molar-refractivity contribution >= 4 is 17.4 Å². The molecule has 24 heavy (non-hydrogen) atoms. The molecule has 0 N–H and O–H groups in total. The highest BCUT2D eigenvalue weighted by Crippen LogP contribution is 2.40. The third kappa shape index (κ3) is 2.93. The Bertz CT molecular complexity index is 748. The van der Waals surface area contributed by atoms with E-state index in [2.05, 4.69) is 24.3 Å². The number of hydrogen-bond donors (Lipinski definition) is 0. The second kappa shape index (κ2) is 6.55. The molecule has 2 heterocycles. The van der Waals surface area contributed by atoms with Crippen LogP contribution in [0.3, 0.4) is 0 Å². The van der Waals surface area contributed by atoms with Gasteiger partial charge in [0.05, 0.1) is 17.3 Å². The summed E-state index contributed by atoms with van der Waals surface area (Å²) >= 11 is 1.87. The summed E-state index contributed by atoms with van der Waals surface area (Å²) in [5, 5.41) is 1.25. The van der Waals surface area contributed by atoms with E-state index in [-0.39, 0.29) is 6.09 Å². The Morgan fingerprint density at radius 3 is 2.92 bits per heavy atom. The van der Waals surface area contributed by atoms with Gasteiger partial charge < -0.3 is 9.64 Å². The summed E-state index contributed by atoms with van der Waals surface area (Å²) in [5.41, 5.74) is 3.92. The fourth-order valence-electron chi connectivity index (χ4n) is 3.68. The molecule has 0 saturated carbocycles. The Kier molecular flexibility index (Phi) is 4.27. The van der Waals surface area contributed by atoms with Gasteiger partial charge in [0.2, 0.25) is 0 Å². The summed E-state index contributed by atoms with van der Waals surface area (Å²) in [5.74, 6) is 0.622. The smallest absolute Gasteiger partial charge is 0.409 e. The lowest BCUT2D eigenvalue weighted by atomic mass is 9.94. The Hall–Kier alpha value is -1.88. The standard InChI is InChI=1S/C19H22N2O2S/c1-2-23-19(22)21-9-7-13(8-10-21)11-17-20-18-15-6-4-3-5-14(15)12-16(18)24-17/h3-6,13H,2,7-12H2,1H3. The molecule has 1 fully saturated rings. The maximum Gasteiger partial charge on any atom is 0.409 e. The van der Waals surface area contributed by atoms with Gasteiger partial charge in [-0.2, -0.15) is 0 Å². The first-order chi connectivity index (χ1) is 11.7. The molecule has 4 rings (SSSR count). The van der Waals surface area contributed by atoms with Crippen LogP contribution in [-0.4, -0.2) is 35.7 Å². The predicted molar refractivity (Wildman–Crippen MR) is 95.4 cm³/mol. The van der Waals surface area contributed by atoms with Crippen molar-refractivity contribution in [1.82, 2.24) is 9.88 Å². The molecule has 4 nitrogen and oxygen atoms in total. The quantitative estimate of drug-likeness (QED) is 0.719. The molecule has 1 aliphatic carbocycles. The van der Waals surface area contributed by atoms with Crippen LogP contribution >= 0.6 is 11.3 Å². The van der Waals surface area contributed by atoms with Crippen LogP contribution in [0.4, 0.5) is 4.79 Å². The number of thiazole rings is 1. The largest absolute Gasteiger partial charge is 0.450 e. The number of likely N-dealkylation sites (tertiary alicyclic amines) is 1. The lowest BCUT2D eigenvalue weighted by Gasteiger charge is -2.30. The maximum absolute atomic E-state index is 11.8. The molecule has 0 radical (unpaired) electrons. The summed E-state index contributed by atoms with van der Waals surface area (Å²) in [6.07, 6.45) is 3.99. The molecule has 1 amide bonds. The van der Waals surface area contributed by atoms with Crippen molar-refractivity contribution in [3.05, 3.63) is 39.7 Å². The van der Waals surface area contributed by atoms with E-state index >= 15 is 0 Å². The molecule has 0 unspecified atom stereocenters. The van der Waals surface area contributed by atoms with Crippen molar-refractivity contribution < 1.29 is 9.53 Å². The van der Waals surface area contributed by atoms with E-state index in [1.165, 1.54) is 26.7 Å². The number of hydrogen-bond acceptors (Lipinski definition) is 4. The average molecular weight is 342 g/mol. The molecule has 1 aromatic carbocycles. The summed E-state index contributed by atoms with van der Waals surface area (Å²) in [6, 6.07) is 8.59. The first kappa shape index (κ1) is 15.6. The molecule has 0 bridgehead atoms. The molecule has 2 aliphatic rings. The maximum atomic E-state index is 11.8. The highest BCUT2D eigenvalue weighted by atomic mass is 32.1. The summed E-state index contributed by atoms with van der Waals surface area (Å²) in [4.78, 5) is 19.9. The minimum atomic E-state index is -0.166. The van der Waals surface area contributed by atoms with Gasteiger partial charge in [0.15, 0.2) is 0 Å². The summed E-state index contributed by atoms with van der Waals surface area (Å²) < 4.78 is 5.09. The Labute approximate surface area is 146 Å². The summed E-state index contributed by atoms with van der Waals surface area (Å²) in [7, 11) is 0. The molecule has 126 valence electrons. The fourth-order valence-corrected chi connectivity index (χ4v) is 4.90. The van der Waals surface area contributed by atoms with Crippen molar-refractivity contribution in [2.24, 2.45) is 5.92 Å². The van der Waals surface area contributed by atoms with E-state index in [1.807, 2.05) is 23.2 Å². The molecule has 2 aromatic rings. The van der Waals surface area contributed by atoms with E-state index in [1.54, 1.807) is 0 Å². The van der Waals surface area contributed by atoms with E-state index in [9.17, 15) is 4.79 Å². The van der Waals surface area contributed by atoms with Gasteiger partial charge in [-0.1, -0.05) is 24.3 Å². The number of aromatic nitrogens is 1. The molecule has 0 atom stereocenters. The molecular weight excluding hydrogens is 320 g/mol. The van der Waals surface area contributed by atoms with Crippen LogP contribution in [0.2, 0.25) is 0 Å². The van der Waals surface area contributed by atoms with E-state index in [0.717, 1.165) is 38.8 Å². The van der Waals surface area contributed by atoms with Crippen LogP contribution in [0, 0.1) is 5.92 Å². The van der Waals surface area contributed by atoms with Crippen LogP contribution in [-0.2, 0) is 17.6 Å². The zero-order valence-corrected chi connectivity index (χ0v) is 14.8. The number of carbonyl (C=O) groups excluding carboxylic acids is 1. The second-order valence-electron chi connectivity index (χ2n) is 6.55. The molecule has 0 spiro atoms. The second-order valence-corrected chi connectivity index (χ2v) is 7.71. The number of fused-ring (bicyclic) bond motifs is 3. The van der Waals surface area contributed by atoms with Crippen LogP contribution in [0.25, 0.3) is 11.3 Å². The van der Waals surface area contributed by atoms with Gasteiger partial charge in [-0.15, -0.1) is 11.3 Å². The molecule has 1 saturated heterocycles. The summed E-state index contributed by atoms with van der Waals surface area (Å²) in [6.45, 7) is 3.91. The van der Waals surface area contributed by atoms with Crippen LogP contribution in [0.5, 0.6) is 0 Å². The number of amides is 1. The molecule has 1 aliphatic heterocycles. The van der Waals surface area contributed by atoms with Crippen LogP contribution in [0.15, 0.2) is 24.3 Å². The fraction of sp³-hybridized carbons (Fsp3) is 0.474. The zero-order valence-electron chi connectivity index (χ0n) is 14.0. The SMILES string of the molecule is CCOC(=O)N1CCC(Cc2nc3c(s2)Cc2ccccc2-3)CC1. The lowest BCUT2D eigenvalue weighted by Crippen LogP contribution is -2.39. The van der Waals surface area contributed by atoms with Crippen LogP contribution in [0.1, 0.15) is 35.2 Å². The minimum Gasteiger partial charge on any atom is -0.450 e. The van der Waals surface area contributed by atoms with Gasteiger partial charge in [-0.3, -0.25) is 0 Å². The van der Waals surface area contributed by atoms with E-state index in [0.29, 0.717) is 12.5 Å². The van der Waals surface area contributed by atoms with Crippen LogP contribution < -0.4 is 0 Å². The van der Waals surface area contributed by atoms with Gasteiger partial charge in [-0.25, -0.2) is 9.78 Å². The number of ether oxygens (including phenoxy) is 1. The topological polar surface area (TPSA) is 42.4 Å². The number of rotatable bonds is 3. The van der Waals surface area contributed by atoms with Crippen molar-refractivity contribution in [2.45, 2.75) is 32.6 Å². The normalized spacial score (nSPS) is 16.8. The monoisotopic (exact) mass is 342 g/mol. The highest BCUT2D eigenvalue weighted by Gasteiger charge is 2.27. The van der Waals surface area contributed by atoms with E-state index in [4.69, 9.17) is 9.72 Å². The Balaban J connectivity index is 1.38. The van der Waals surface area contributed by atoms with Gasteiger partial charge in [-0.05, 0) is 31.2 Å². The van der Waals surface area contributed by atoms with Crippen molar-refractivity contribution in [1.29, 1.82) is 0 Å². The molecular formula is C19H22N2O2S. The highest BCUT2D eigenvalue weighted by molar-refractivity contribution is 7.12. The van der Waals surface area contributed by atoms with E-state index < -0.39 is 0 Å². The first-order valence-electron chi connectivity index (χ1n) is 8.73. The van der Waals surface area contributed by atoms with Gasteiger partial charge >= 0.3 is 6.09 Å². The number of piperidine rings is 1. The van der Waals surface area contributed by atoms with Gasteiger partial charge in [0.25, 0.3) is 0 Å². The number of carbonyl (C=O) groups is 1. The average Bonchev–Trinajstić information content (AvgIpc) is 3.13. The van der Waals surface area contributed by atoms with Gasteiger partial charge in [0, 0.05) is 36.4 Å². The third-order valence-corrected chi connectivity index (χ3v) is 6.05. The molecule has 1 aromatic heterocycles. The van der Waals surface area contributed by atoms with Gasteiger partial charge in [0.1, 0.15) is 0 Å². The number of benzene rings is 1. The third-order valence-electron chi connectivity index (χ3n) is 4.97. The molecule has 5 heteroatoms. The lowest BCUT2D eigenvalue weighted by molar-refractivity contribution is 0.0918. The van der Waals surface area contributed by atoms with Crippen molar-refractivity contribution in [2.75, 3.05) is 19.7 Å².